The van der Waals surface area contributed by atoms with Crippen molar-refractivity contribution in [2.45, 2.75) is 71.0 Å². The van der Waals surface area contributed by atoms with E-state index in [2.05, 4.69) is 25.9 Å². The number of aliphatic hydroxyl groups is 1. The molecule has 0 radical (unpaired) electrons. The summed E-state index contributed by atoms with van der Waals surface area (Å²) in [5.41, 5.74) is 26.5. The minimum absolute atomic E-state index is 0.00245. The molecule has 0 aromatic rings. The van der Waals surface area contributed by atoms with E-state index in [9.17, 15) is 24.3 Å². The summed E-state index contributed by atoms with van der Waals surface area (Å²) in [6.07, 6.45) is 1.82. The lowest BCUT2D eigenvalue weighted by molar-refractivity contribution is -0.135. The molecular weight excluding hydrogens is 484 g/mol. The fourth-order valence-corrected chi connectivity index (χ4v) is 3.28. The third kappa shape index (κ3) is 15.2. The van der Waals surface area contributed by atoms with Gasteiger partial charge in [0, 0.05) is 19.0 Å². The van der Waals surface area contributed by atoms with Gasteiger partial charge in [0.1, 0.15) is 18.1 Å². The van der Waals surface area contributed by atoms with Gasteiger partial charge in [-0.25, -0.2) is 0 Å². The molecule has 0 fully saturated rings. The molecule has 15 heteroatoms. The van der Waals surface area contributed by atoms with Crippen molar-refractivity contribution in [2.24, 2.45) is 50.5 Å². The highest BCUT2D eigenvalue weighted by Crippen LogP contribution is 2.09. The van der Waals surface area contributed by atoms with E-state index in [4.69, 9.17) is 28.7 Å². The van der Waals surface area contributed by atoms with E-state index in [0.717, 1.165) is 0 Å². The van der Waals surface area contributed by atoms with Crippen LogP contribution in [0.1, 0.15) is 52.9 Å². The Balaban J connectivity index is 5.16. The smallest absolute Gasteiger partial charge is 0.245 e. The van der Waals surface area contributed by atoms with Crippen LogP contribution in [-0.4, -0.2) is 78.5 Å². The lowest BCUT2D eigenvalue weighted by Gasteiger charge is -2.25. The first-order valence-corrected chi connectivity index (χ1v) is 12.2. The van der Waals surface area contributed by atoms with E-state index < -0.39 is 54.3 Å². The molecule has 0 spiro atoms. The number of amides is 4. The van der Waals surface area contributed by atoms with Crippen LogP contribution in [0.25, 0.3) is 0 Å². The molecule has 4 atom stereocenters. The van der Waals surface area contributed by atoms with Gasteiger partial charge < -0.3 is 49.7 Å². The van der Waals surface area contributed by atoms with Crippen LogP contribution in [0.15, 0.2) is 9.98 Å². The molecule has 0 aliphatic heterocycles. The van der Waals surface area contributed by atoms with Crippen molar-refractivity contribution in [3.05, 3.63) is 0 Å². The van der Waals surface area contributed by atoms with Crippen molar-refractivity contribution in [3.8, 4) is 0 Å². The normalized spacial score (nSPS) is 14.0. The number of guanidine groups is 2. The second-order valence-corrected chi connectivity index (χ2v) is 9.20. The summed E-state index contributed by atoms with van der Waals surface area (Å²) >= 11 is 0. The highest BCUT2D eigenvalue weighted by Gasteiger charge is 2.30. The number of nitrogens with two attached hydrogens (primary N) is 5. The molecule has 14 N–H and O–H groups in total. The number of aliphatic imine (C=N–C) groups is 2. The van der Waals surface area contributed by atoms with Crippen LogP contribution in [0.5, 0.6) is 0 Å². The number of hydrogen-bond acceptors (Lipinski definition) is 7. The first-order chi connectivity index (χ1) is 17.3. The number of primary amides is 1. The molecule has 0 rings (SSSR count). The van der Waals surface area contributed by atoms with Crippen LogP contribution < -0.4 is 44.6 Å². The zero-order valence-corrected chi connectivity index (χ0v) is 21.9. The molecule has 15 nitrogen and oxygen atoms in total. The highest BCUT2D eigenvalue weighted by molar-refractivity contribution is 5.94. The molecule has 0 heterocycles. The van der Waals surface area contributed by atoms with Crippen LogP contribution in [0.2, 0.25) is 0 Å². The highest BCUT2D eigenvalue weighted by atomic mass is 16.3. The molecular formula is C22H44N10O5. The maximum atomic E-state index is 12.9. The van der Waals surface area contributed by atoms with Crippen molar-refractivity contribution >= 4 is 35.5 Å². The number of hydrogen-bond donors (Lipinski definition) is 9. The second kappa shape index (κ2) is 17.8. The summed E-state index contributed by atoms with van der Waals surface area (Å²) in [7, 11) is 0. The van der Waals surface area contributed by atoms with Gasteiger partial charge >= 0.3 is 0 Å². The lowest BCUT2D eigenvalue weighted by Crippen LogP contribution is -2.57. The van der Waals surface area contributed by atoms with Crippen LogP contribution in [0.4, 0.5) is 0 Å². The third-order valence-electron chi connectivity index (χ3n) is 5.30. The number of nitrogens with zero attached hydrogens (tertiary/aromatic N) is 2. The Morgan fingerprint density at radius 2 is 1.16 bits per heavy atom. The van der Waals surface area contributed by atoms with Gasteiger partial charge in [-0.3, -0.25) is 29.2 Å². The topological polar surface area (TPSA) is 279 Å². The Hall–Kier alpha value is -3.62. The van der Waals surface area contributed by atoms with Crippen LogP contribution in [0.3, 0.4) is 0 Å². The molecule has 0 saturated heterocycles. The minimum atomic E-state index is -1.28. The van der Waals surface area contributed by atoms with Gasteiger partial charge in [0.15, 0.2) is 11.9 Å². The number of nitrogens with one attached hydrogen (secondary N) is 3. The molecule has 0 unspecified atom stereocenters. The van der Waals surface area contributed by atoms with E-state index >= 15 is 0 Å². The van der Waals surface area contributed by atoms with E-state index in [1.54, 1.807) is 6.92 Å². The largest absolute Gasteiger partial charge is 0.394 e. The quantitative estimate of drug-likeness (QED) is 0.0488. The number of carbonyl (C=O) groups is 4. The molecule has 212 valence electrons. The van der Waals surface area contributed by atoms with Crippen LogP contribution >= 0.6 is 0 Å². The predicted molar refractivity (Wildman–Crippen MR) is 141 cm³/mol. The second-order valence-electron chi connectivity index (χ2n) is 9.20. The molecule has 0 aliphatic rings. The summed E-state index contributed by atoms with van der Waals surface area (Å²) in [6, 6.07) is -3.31. The maximum Gasteiger partial charge on any atom is 0.245 e. The van der Waals surface area contributed by atoms with E-state index in [1.165, 1.54) is 0 Å². The summed E-state index contributed by atoms with van der Waals surface area (Å²) in [6.45, 7) is 5.30. The van der Waals surface area contributed by atoms with E-state index in [0.29, 0.717) is 25.8 Å². The van der Waals surface area contributed by atoms with Crippen molar-refractivity contribution in [3.63, 3.8) is 0 Å². The Labute approximate surface area is 217 Å². The minimum Gasteiger partial charge on any atom is -0.394 e. The average molecular weight is 529 g/mol. The summed E-state index contributed by atoms with van der Waals surface area (Å²) in [5, 5.41) is 17.3. The standard InChI is InChI=1S/C22H44N10O5/c1-12(2)10-15(19(36)30-14(17(23)34)7-5-9-29-22(26)27)31-20(37)16(11-33)32-18(35)13(3)6-4-8-28-21(24)25/h12-16,33H,4-11H2,1-3H3,(H2,23,34)(H,30,36)(H,31,37)(H,32,35)(H4,24,25,28)(H4,26,27,29)/t13-,14-,15-,16-/m0/s1. The van der Waals surface area contributed by atoms with E-state index in [1.807, 2.05) is 13.8 Å². The molecule has 37 heavy (non-hydrogen) atoms. The Morgan fingerprint density at radius 3 is 1.62 bits per heavy atom. The molecule has 0 bridgehead atoms. The zero-order valence-electron chi connectivity index (χ0n) is 21.9. The molecule has 0 aromatic heterocycles. The number of rotatable bonds is 18. The fraction of sp³-hybridized carbons (Fsp3) is 0.727. The van der Waals surface area contributed by atoms with Crippen molar-refractivity contribution in [1.82, 2.24) is 16.0 Å². The summed E-state index contributed by atoms with van der Waals surface area (Å²) < 4.78 is 0. The molecule has 0 aliphatic carbocycles. The van der Waals surface area contributed by atoms with Crippen molar-refractivity contribution in [1.29, 1.82) is 0 Å². The first kappa shape index (κ1) is 33.4. The first-order valence-electron chi connectivity index (χ1n) is 12.2. The third-order valence-corrected chi connectivity index (χ3v) is 5.30. The SMILES string of the molecule is CC(C)C[C@H](NC(=O)[C@H](CO)NC(=O)[C@@H](C)CCCN=C(N)N)C(=O)N[C@@H](CCCN=C(N)N)C(N)=O. The fourth-order valence-electron chi connectivity index (χ4n) is 3.28. The monoisotopic (exact) mass is 528 g/mol. The van der Waals surface area contributed by atoms with Gasteiger partial charge in [-0.1, -0.05) is 20.8 Å². The molecule has 0 aromatic carbocycles. The summed E-state index contributed by atoms with van der Waals surface area (Å²) in [4.78, 5) is 57.7. The summed E-state index contributed by atoms with van der Waals surface area (Å²) in [5.74, 6) is -3.16. The van der Waals surface area contributed by atoms with Gasteiger partial charge in [-0.2, -0.15) is 0 Å². The van der Waals surface area contributed by atoms with E-state index in [-0.39, 0.29) is 37.2 Å². The van der Waals surface area contributed by atoms with Crippen LogP contribution in [0, 0.1) is 11.8 Å². The van der Waals surface area contributed by atoms with Gasteiger partial charge in [0.25, 0.3) is 0 Å². The molecule has 0 saturated carbocycles. The van der Waals surface area contributed by atoms with Gasteiger partial charge in [-0.15, -0.1) is 0 Å². The molecule has 4 amide bonds. The Bertz CT molecular complexity index is 810. The Morgan fingerprint density at radius 1 is 0.703 bits per heavy atom. The number of carbonyl (C=O) groups excluding carboxylic acids is 4. The lowest BCUT2D eigenvalue weighted by atomic mass is 10.0. The average Bonchev–Trinajstić information content (AvgIpc) is 2.80. The van der Waals surface area contributed by atoms with Gasteiger partial charge in [0.2, 0.25) is 23.6 Å². The predicted octanol–water partition coefficient (Wildman–Crippen LogP) is -3.29. The van der Waals surface area contributed by atoms with Crippen molar-refractivity contribution < 1.29 is 24.3 Å². The Kier molecular flexibility index (Phi) is 16.0. The van der Waals surface area contributed by atoms with Gasteiger partial charge in [0.05, 0.1) is 6.61 Å². The van der Waals surface area contributed by atoms with Gasteiger partial charge in [-0.05, 0) is 38.0 Å². The maximum absolute atomic E-state index is 12.9. The zero-order chi connectivity index (χ0) is 28.5. The van der Waals surface area contributed by atoms with Crippen LogP contribution in [-0.2, 0) is 19.2 Å². The number of aliphatic hydroxyl groups excluding tert-OH is 1. The van der Waals surface area contributed by atoms with Crippen molar-refractivity contribution in [2.75, 3.05) is 19.7 Å².